The number of nitrogens with zero attached hydrogens (tertiary/aromatic N) is 2. The minimum atomic E-state index is 0.187. The van der Waals surface area contributed by atoms with Gasteiger partial charge < -0.3 is 9.84 Å². The van der Waals surface area contributed by atoms with Crippen LogP contribution in [0.15, 0.2) is 54.7 Å². The Balaban J connectivity index is 1.46. The zero-order valence-corrected chi connectivity index (χ0v) is 15.4. The van der Waals surface area contributed by atoms with Gasteiger partial charge in [-0.3, -0.25) is 10.00 Å². The van der Waals surface area contributed by atoms with Gasteiger partial charge in [-0.1, -0.05) is 36.8 Å². The molecule has 4 rings (SSSR count). The number of ether oxygens (including phenoxy) is 1. The number of nitrogens with one attached hydrogen (secondary N) is 1. The van der Waals surface area contributed by atoms with Crippen LogP contribution in [0.25, 0.3) is 22.4 Å². The van der Waals surface area contributed by atoms with Gasteiger partial charge in [-0.15, -0.1) is 0 Å². The highest BCUT2D eigenvalue weighted by Gasteiger charge is 2.14. The van der Waals surface area contributed by atoms with Crippen LogP contribution >= 0.6 is 0 Å². The lowest BCUT2D eigenvalue weighted by Crippen LogP contribution is -2.33. The molecular formula is C22H25N3O2. The van der Waals surface area contributed by atoms with Gasteiger partial charge in [-0.25, -0.2) is 0 Å². The summed E-state index contributed by atoms with van der Waals surface area (Å²) in [6.45, 7) is 3.89. The maximum absolute atomic E-state index is 10.5. The maximum atomic E-state index is 10.5. The van der Waals surface area contributed by atoms with Gasteiger partial charge in [0, 0.05) is 23.7 Å². The molecule has 0 unspecified atom stereocenters. The van der Waals surface area contributed by atoms with Crippen molar-refractivity contribution >= 4 is 0 Å². The van der Waals surface area contributed by atoms with Crippen molar-refractivity contribution in [2.45, 2.75) is 19.3 Å². The van der Waals surface area contributed by atoms with Crippen molar-refractivity contribution in [3.05, 3.63) is 54.7 Å². The van der Waals surface area contributed by atoms with E-state index >= 15 is 0 Å². The average Bonchev–Trinajstić information content (AvgIpc) is 3.19. The Hall–Kier alpha value is -2.79. The number of hydrogen-bond donors (Lipinski definition) is 2. The van der Waals surface area contributed by atoms with Crippen LogP contribution in [0.5, 0.6) is 11.5 Å². The van der Waals surface area contributed by atoms with E-state index in [-0.39, 0.29) is 5.75 Å². The molecule has 1 aromatic heterocycles. The molecule has 1 aliphatic rings. The summed E-state index contributed by atoms with van der Waals surface area (Å²) in [6.07, 6.45) is 5.69. The predicted molar refractivity (Wildman–Crippen MR) is 107 cm³/mol. The SMILES string of the molecule is Oc1cc(OCCN2CCCCC2)ccc1-c1[nH]ncc1-c1ccccc1. The standard InChI is InChI=1S/C22H25N3O2/c26-21-15-18(27-14-13-25-11-5-2-6-12-25)9-10-19(21)22-20(16-23-24-22)17-7-3-1-4-8-17/h1,3-4,7-10,15-16,26H,2,5-6,11-14H2,(H,23,24). The van der Waals surface area contributed by atoms with E-state index in [9.17, 15) is 5.11 Å². The van der Waals surface area contributed by atoms with Crippen molar-refractivity contribution in [1.82, 2.24) is 15.1 Å². The molecule has 1 aliphatic heterocycles. The van der Waals surface area contributed by atoms with Gasteiger partial charge in [0.05, 0.1) is 11.9 Å². The lowest BCUT2D eigenvalue weighted by atomic mass is 10.0. The van der Waals surface area contributed by atoms with Gasteiger partial charge in [-0.05, 0) is 43.6 Å². The number of aromatic nitrogens is 2. The molecule has 0 saturated carbocycles. The molecule has 140 valence electrons. The highest BCUT2D eigenvalue weighted by atomic mass is 16.5. The van der Waals surface area contributed by atoms with Crippen molar-refractivity contribution in [3.63, 3.8) is 0 Å². The van der Waals surface area contributed by atoms with E-state index in [4.69, 9.17) is 4.74 Å². The molecule has 5 heteroatoms. The van der Waals surface area contributed by atoms with Gasteiger partial charge in [0.1, 0.15) is 18.1 Å². The molecule has 0 radical (unpaired) electrons. The molecule has 2 heterocycles. The van der Waals surface area contributed by atoms with Crippen LogP contribution in [0, 0.1) is 0 Å². The largest absolute Gasteiger partial charge is 0.507 e. The normalized spacial score (nSPS) is 15.0. The van der Waals surface area contributed by atoms with Crippen LogP contribution in [0.4, 0.5) is 0 Å². The minimum absolute atomic E-state index is 0.187. The highest BCUT2D eigenvalue weighted by molar-refractivity contribution is 5.83. The summed E-state index contributed by atoms with van der Waals surface area (Å²) in [5, 5.41) is 17.7. The van der Waals surface area contributed by atoms with Gasteiger partial charge >= 0.3 is 0 Å². The molecule has 2 N–H and O–H groups in total. The van der Waals surface area contributed by atoms with Crippen LogP contribution < -0.4 is 4.74 Å². The quantitative estimate of drug-likeness (QED) is 0.685. The number of benzene rings is 2. The summed E-state index contributed by atoms with van der Waals surface area (Å²) in [7, 11) is 0. The van der Waals surface area contributed by atoms with Gasteiger partial charge in [0.25, 0.3) is 0 Å². The first-order chi connectivity index (χ1) is 13.3. The molecule has 0 atom stereocenters. The summed E-state index contributed by atoms with van der Waals surface area (Å²) >= 11 is 0. The molecule has 2 aromatic carbocycles. The van der Waals surface area contributed by atoms with Gasteiger partial charge in [-0.2, -0.15) is 5.10 Å². The summed E-state index contributed by atoms with van der Waals surface area (Å²) in [5.74, 6) is 0.876. The molecule has 1 fully saturated rings. The molecule has 27 heavy (non-hydrogen) atoms. The maximum Gasteiger partial charge on any atom is 0.128 e. The van der Waals surface area contributed by atoms with Crippen molar-refractivity contribution in [1.29, 1.82) is 0 Å². The first kappa shape index (κ1) is 17.6. The Labute approximate surface area is 159 Å². The fraction of sp³-hybridized carbons (Fsp3) is 0.318. The number of aromatic hydroxyl groups is 1. The second kappa shape index (κ2) is 8.27. The Morgan fingerprint density at radius 2 is 1.81 bits per heavy atom. The van der Waals surface area contributed by atoms with Gasteiger partial charge in [0.15, 0.2) is 0 Å². The summed E-state index contributed by atoms with van der Waals surface area (Å²) in [4.78, 5) is 2.44. The zero-order chi connectivity index (χ0) is 18.5. The second-order valence-corrected chi connectivity index (χ2v) is 6.95. The second-order valence-electron chi connectivity index (χ2n) is 6.95. The number of likely N-dealkylation sites (tertiary alicyclic amines) is 1. The fourth-order valence-electron chi connectivity index (χ4n) is 3.62. The average molecular weight is 363 g/mol. The van der Waals surface area contributed by atoms with Crippen LogP contribution in [-0.4, -0.2) is 46.4 Å². The molecule has 5 nitrogen and oxygen atoms in total. The number of H-pyrrole nitrogens is 1. The number of aromatic amines is 1. The molecule has 1 saturated heterocycles. The summed E-state index contributed by atoms with van der Waals surface area (Å²) in [5.41, 5.74) is 3.54. The Kier molecular flexibility index (Phi) is 5.39. The minimum Gasteiger partial charge on any atom is -0.507 e. The first-order valence-corrected chi connectivity index (χ1v) is 9.58. The van der Waals surface area contributed by atoms with Crippen LogP contribution in [0.3, 0.4) is 0 Å². The highest BCUT2D eigenvalue weighted by Crippen LogP contribution is 2.36. The Morgan fingerprint density at radius 3 is 2.59 bits per heavy atom. The van der Waals surface area contributed by atoms with Crippen molar-refractivity contribution < 1.29 is 9.84 Å². The number of hydrogen-bond acceptors (Lipinski definition) is 4. The molecule has 3 aromatic rings. The van der Waals surface area contributed by atoms with Crippen LogP contribution in [0.2, 0.25) is 0 Å². The Morgan fingerprint density at radius 1 is 1.00 bits per heavy atom. The van der Waals surface area contributed by atoms with Crippen LogP contribution in [-0.2, 0) is 0 Å². The third kappa shape index (κ3) is 4.14. The predicted octanol–water partition coefficient (Wildman–Crippen LogP) is 4.31. The smallest absolute Gasteiger partial charge is 0.128 e. The van der Waals surface area contributed by atoms with Gasteiger partial charge in [0.2, 0.25) is 0 Å². The van der Waals surface area contributed by atoms with E-state index in [1.54, 1.807) is 12.3 Å². The zero-order valence-electron chi connectivity index (χ0n) is 15.4. The third-order valence-electron chi connectivity index (χ3n) is 5.09. The van der Waals surface area contributed by atoms with Crippen molar-refractivity contribution in [2.24, 2.45) is 0 Å². The van der Waals surface area contributed by atoms with Crippen LogP contribution in [0.1, 0.15) is 19.3 Å². The lowest BCUT2D eigenvalue weighted by molar-refractivity contribution is 0.183. The molecule has 0 bridgehead atoms. The third-order valence-corrected chi connectivity index (χ3v) is 5.09. The summed E-state index contributed by atoms with van der Waals surface area (Å²) < 4.78 is 5.85. The fourth-order valence-corrected chi connectivity index (χ4v) is 3.62. The van der Waals surface area contributed by atoms with E-state index in [1.165, 1.54) is 19.3 Å². The Bertz CT molecular complexity index is 870. The van der Waals surface area contributed by atoms with Crippen molar-refractivity contribution in [3.8, 4) is 33.9 Å². The summed E-state index contributed by atoms with van der Waals surface area (Å²) in [6, 6.07) is 15.5. The number of piperidine rings is 1. The molecule has 0 aliphatic carbocycles. The van der Waals surface area contributed by atoms with E-state index in [1.807, 2.05) is 42.5 Å². The topological polar surface area (TPSA) is 61.4 Å². The first-order valence-electron chi connectivity index (χ1n) is 9.58. The van der Waals surface area contributed by atoms with Crippen molar-refractivity contribution in [2.75, 3.05) is 26.2 Å². The molecule has 0 spiro atoms. The number of phenols is 1. The lowest BCUT2D eigenvalue weighted by Gasteiger charge is -2.26. The van der Waals surface area contributed by atoms with E-state index < -0.39 is 0 Å². The monoisotopic (exact) mass is 363 g/mol. The number of rotatable bonds is 6. The number of phenolic OH excluding ortho intramolecular Hbond substituents is 1. The molecular weight excluding hydrogens is 338 g/mol. The van der Waals surface area contributed by atoms with E-state index in [0.717, 1.165) is 42.0 Å². The van der Waals surface area contributed by atoms with E-state index in [0.29, 0.717) is 12.4 Å². The van der Waals surface area contributed by atoms with E-state index in [2.05, 4.69) is 15.1 Å². The molecule has 0 amide bonds.